The minimum atomic E-state index is -0.597. The van der Waals surface area contributed by atoms with Crippen molar-refractivity contribution in [2.45, 2.75) is 18.9 Å². The molecule has 3 aromatic rings. The van der Waals surface area contributed by atoms with Crippen LogP contribution in [0.15, 0.2) is 53.3 Å². The normalized spacial score (nSPS) is 15.7. The predicted molar refractivity (Wildman–Crippen MR) is 96.0 cm³/mol. The van der Waals surface area contributed by atoms with E-state index in [2.05, 4.69) is 10.3 Å². The van der Waals surface area contributed by atoms with Crippen molar-refractivity contribution in [2.75, 3.05) is 0 Å². The van der Waals surface area contributed by atoms with E-state index in [-0.39, 0.29) is 24.3 Å². The Balaban J connectivity index is 2.04. The van der Waals surface area contributed by atoms with Gasteiger partial charge in [-0.25, -0.2) is 4.98 Å². The number of carbonyl (C=O) groups is 2. The van der Waals surface area contributed by atoms with Crippen LogP contribution < -0.4 is 16.6 Å². The minimum absolute atomic E-state index is 0.0734. The summed E-state index contributed by atoms with van der Waals surface area (Å²) in [7, 11) is 0. The second-order valence-corrected chi connectivity index (χ2v) is 6.18. The number of nitrogens with zero attached hydrogens (tertiary/aromatic N) is 2. The molecule has 4 rings (SSSR count). The van der Waals surface area contributed by atoms with E-state index < -0.39 is 11.9 Å². The monoisotopic (exact) mass is 348 g/mol. The fourth-order valence-corrected chi connectivity index (χ4v) is 3.27. The smallest absolute Gasteiger partial charge is 0.266 e. The molecule has 7 heteroatoms. The SMILES string of the molecule is NC(=O)CCC1NC(=O)c2ccccc2-n2c1nc1ccccc1c2=O. The summed E-state index contributed by atoms with van der Waals surface area (Å²) in [5, 5.41) is 3.34. The first-order chi connectivity index (χ1) is 12.6. The number of benzene rings is 2. The predicted octanol–water partition coefficient (Wildman–Crippen LogP) is 1.44. The average molecular weight is 348 g/mol. The highest BCUT2D eigenvalue weighted by molar-refractivity contribution is 5.98. The van der Waals surface area contributed by atoms with Gasteiger partial charge in [0.2, 0.25) is 5.91 Å². The Morgan fingerprint density at radius 2 is 1.85 bits per heavy atom. The van der Waals surface area contributed by atoms with Crippen molar-refractivity contribution in [3.63, 3.8) is 0 Å². The van der Waals surface area contributed by atoms with E-state index in [1.54, 1.807) is 48.5 Å². The summed E-state index contributed by atoms with van der Waals surface area (Å²) >= 11 is 0. The molecule has 1 aliphatic rings. The molecule has 7 nitrogen and oxygen atoms in total. The molecular formula is C19H16N4O3. The van der Waals surface area contributed by atoms with Gasteiger partial charge in [-0.05, 0) is 30.7 Å². The van der Waals surface area contributed by atoms with Crippen LogP contribution in [0.3, 0.4) is 0 Å². The van der Waals surface area contributed by atoms with Crippen molar-refractivity contribution in [2.24, 2.45) is 5.73 Å². The Labute approximate surface area is 148 Å². The molecule has 2 amide bonds. The molecule has 0 fully saturated rings. The molecule has 1 unspecified atom stereocenters. The summed E-state index contributed by atoms with van der Waals surface area (Å²) in [6.45, 7) is 0. The number of carbonyl (C=O) groups excluding carboxylic acids is 2. The molecule has 2 heterocycles. The lowest BCUT2D eigenvalue weighted by molar-refractivity contribution is -0.118. The van der Waals surface area contributed by atoms with Crippen LogP contribution in [0.1, 0.15) is 35.1 Å². The molecular weight excluding hydrogens is 332 g/mol. The Morgan fingerprint density at radius 1 is 1.12 bits per heavy atom. The first kappa shape index (κ1) is 16.0. The Bertz CT molecular complexity index is 1100. The van der Waals surface area contributed by atoms with E-state index in [4.69, 9.17) is 5.73 Å². The Morgan fingerprint density at radius 3 is 2.65 bits per heavy atom. The zero-order valence-electron chi connectivity index (χ0n) is 13.8. The van der Waals surface area contributed by atoms with Crippen LogP contribution in [0.5, 0.6) is 0 Å². The number of primary amides is 1. The quantitative estimate of drug-likeness (QED) is 0.746. The molecule has 0 radical (unpaired) electrons. The molecule has 26 heavy (non-hydrogen) atoms. The molecule has 0 spiro atoms. The average Bonchev–Trinajstić information content (AvgIpc) is 2.76. The third-order valence-corrected chi connectivity index (χ3v) is 4.49. The van der Waals surface area contributed by atoms with Crippen molar-refractivity contribution >= 4 is 22.7 Å². The highest BCUT2D eigenvalue weighted by Crippen LogP contribution is 2.26. The van der Waals surface area contributed by atoms with Gasteiger partial charge in [0.25, 0.3) is 11.5 Å². The highest BCUT2D eigenvalue weighted by Gasteiger charge is 2.29. The topological polar surface area (TPSA) is 107 Å². The molecule has 1 atom stereocenters. The van der Waals surface area contributed by atoms with Gasteiger partial charge in [0.15, 0.2) is 0 Å². The lowest BCUT2D eigenvalue weighted by Crippen LogP contribution is -2.31. The number of aromatic nitrogens is 2. The number of hydrogen-bond acceptors (Lipinski definition) is 4. The summed E-state index contributed by atoms with van der Waals surface area (Å²) in [5.41, 5.74) is 6.42. The van der Waals surface area contributed by atoms with Crippen LogP contribution in [-0.2, 0) is 4.79 Å². The standard InChI is InChI=1S/C19H16N4O3/c20-16(24)10-9-14-17-21-13-7-3-1-5-11(13)19(26)23(17)15-8-4-2-6-12(15)18(25)22-14/h1-8,14H,9-10H2,(H2,20,24)(H,22,25). The third-order valence-electron chi connectivity index (χ3n) is 4.49. The Kier molecular flexibility index (Phi) is 3.76. The van der Waals surface area contributed by atoms with Gasteiger partial charge >= 0.3 is 0 Å². The molecule has 0 saturated carbocycles. The maximum atomic E-state index is 13.2. The van der Waals surface area contributed by atoms with E-state index in [1.807, 2.05) is 0 Å². The maximum absolute atomic E-state index is 13.2. The third kappa shape index (κ3) is 2.54. The number of nitrogens with two attached hydrogens (primary N) is 1. The number of fused-ring (bicyclic) bond motifs is 4. The minimum Gasteiger partial charge on any atom is -0.370 e. The van der Waals surface area contributed by atoms with Gasteiger partial charge in [-0.3, -0.25) is 19.0 Å². The van der Waals surface area contributed by atoms with E-state index in [9.17, 15) is 14.4 Å². The number of amides is 2. The molecule has 0 saturated heterocycles. The number of para-hydroxylation sites is 2. The number of nitrogens with one attached hydrogen (secondary N) is 1. The van der Waals surface area contributed by atoms with E-state index in [0.29, 0.717) is 28.0 Å². The molecule has 3 N–H and O–H groups in total. The molecule has 130 valence electrons. The van der Waals surface area contributed by atoms with Gasteiger partial charge in [-0.2, -0.15) is 0 Å². The second kappa shape index (κ2) is 6.11. The fourth-order valence-electron chi connectivity index (χ4n) is 3.27. The van der Waals surface area contributed by atoms with Crippen LogP contribution in [0.25, 0.3) is 16.6 Å². The second-order valence-electron chi connectivity index (χ2n) is 6.18. The zero-order chi connectivity index (χ0) is 18.3. The lowest BCUT2D eigenvalue weighted by Gasteiger charge is -2.18. The van der Waals surface area contributed by atoms with E-state index in [0.717, 1.165) is 0 Å². The first-order valence-electron chi connectivity index (χ1n) is 8.26. The first-order valence-corrected chi connectivity index (χ1v) is 8.26. The molecule has 0 bridgehead atoms. The van der Waals surface area contributed by atoms with Crippen LogP contribution in [0, 0.1) is 0 Å². The van der Waals surface area contributed by atoms with Crippen molar-refractivity contribution < 1.29 is 9.59 Å². The van der Waals surface area contributed by atoms with Gasteiger partial charge in [0, 0.05) is 6.42 Å². The van der Waals surface area contributed by atoms with Crippen LogP contribution in [-0.4, -0.2) is 21.4 Å². The van der Waals surface area contributed by atoms with Crippen molar-refractivity contribution in [3.8, 4) is 5.69 Å². The maximum Gasteiger partial charge on any atom is 0.266 e. The largest absolute Gasteiger partial charge is 0.370 e. The summed E-state index contributed by atoms with van der Waals surface area (Å²) < 4.78 is 1.46. The van der Waals surface area contributed by atoms with Crippen LogP contribution in [0.4, 0.5) is 0 Å². The fraction of sp³-hybridized carbons (Fsp3) is 0.158. The van der Waals surface area contributed by atoms with Gasteiger partial charge in [-0.15, -0.1) is 0 Å². The number of rotatable bonds is 3. The molecule has 1 aliphatic heterocycles. The van der Waals surface area contributed by atoms with Crippen molar-refractivity contribution in [1.82, 2.24) is 14.9 Å². The summed E-state index contributed by atoms with van der Waals surface area (Å²) in [6.07, 6.45) is 0.337. The van der Waals surface area contributed by atoms with E-state index in [1.165, 1.54) is 4.57 Å². The summed E-state index contributed by atoms with van der Waals surface area (Å²) in [5.74, 6) is -0.395. The molecule has 0 aliphatic carbocycles. The van der Waals surface area contributed by atoms with Gasteiger partial charge in [0.1, 0.15) is 5.82 Å². The summed E-state index contributed by atoms with van der Waals surface area (Å²) in [4.78, 5) is 41.7. The highest BCUT2D eigenvalue weighted by atomic mass is 16.2. The molecule has 2 aromatic carbocycles. The van der Waals surface area contributed by atoms with Crippen LogP contribution in [0.2, 0.25) is 0 Å². The van der Waals surface area contributed by atoms with Crippen molar-refractivity contribution in [3.05, 3.63) is 70.3 Å². The van der Waals surface area contributed by atoms with Crippen LogP contribution >= 0.6 is 0 Å². The van der Waals surface area contributed by atoms with E-state index >= 15 is 0 Å². The van der Waals surface area contributed by atoms with Gasteiger partial charge in [-0.1, -0.05) is 24.3 Å². The van der Waals surface area contributed by atoms with Gasteiger partial charge < -0.3 is 11.1 Å². The molecule has 1 aromatic heterocycles. The van der Waals surface area contributed by atoms with Crippen molar-refractivity contribution in [1.29, 1.82) is 0 Å². The van der Waals surface area contributed by atoms with Gasteiger partial charge in [0.05, 0.1) is 28.2 Å². The number of hydrogen-bond donors (Lipinski definition) is 2. The summed E-state index contributed by atoms with van der Waals surface area (Å²) in [6, 6.07) is 13.3. The Hall–Kier alpha value is -3.48. The zero-order valence-corrected chi connectivity index (χ0v) is 13.8. The lowest BCUT2D eigenvalue weighted by atomic mass is 10.1.